The average Bonchev–Trinajstić information content (AvgIpc) is 2.96. The average molecular weight is 364 g/mol. The van der Waals surface area contributed by atoms with Crippen LogP contribution in [0, 0.1) is 19.7 Å². The summed E-state index contributed by atoms with van der Waals surface area (Å²) in [6, 6.07) is 7.82. The first-order valence-electron chi connectivity index (χ1n) is 8.08. The zero-order valence-electron chi connectivity index (χ0n) is 14.5. The van der Waals surface area contributed by atoms with Gasteiger partial charge in [-0.2, -0.15) is 0 Å². The Morgan fingerprint density at radius 3 is 2.44 bits per heavy atom. The van der Waals surface area contributed by atoms with Gasteiger partial charge in [-0.05, 0) is 57.5 Å². The second kappa shape index (κ2) is 5.98. The number of aromatic nitrogens is 1. The number of amides is 1. The molecule has 25 heavy (non-hydrogen) atoms. The van der Waals surface area contributed by atoms with Gasteiger partial charge in [0.05, 0.1) is 22.6 Å². The first-order valence-corrected chi connectivity index (χ1v) is 9.90. The molecule has 1 amide bonds. The Kier molecular flexibility index (Phi) is 4.23. The third kappa shape index (κ3) is 3.46. The highest BCUT2D eigenvalue weighted by atomic mass is 32.2. The maximum atomic E-state index is 13.1. The molecular weight excluding hydrogens is 343 g/mol. The largest absolute Gasteiger partial charge is 0.346 e. The summed E-state index contributed by atoms with van der Waals surface area (Å²) in [5.74, 6) is -0.554. The molecule has 1 aliphatic heterocycles. The van der Waals surface area contributed by atoms with Crippen LogP contribution in [0.2, 0.25) is 0 Å². The Hall–Kier alpha value is -2.15. The van der Waals surface area contributed by atoms with Crippen LogP contribution >= 0.6 is 0 Å². The maximum Gasteiger partial charge on any atom is 0.253 e. The van der Waals surface area contributed by atoms with Gasteiger partial charge in [0.2, 0.25) is 0 Å². The van der Waals surface area contributed by atoms with E-state index in [4.69, 9.17) is 0 Å². The number of halogens is 1. The second-order valence-corrected chi connectivity index (χ2v) is 9.14. The first-order chi connectivity index (χ1) is 11.6. The molecule has 0 saturated carbocycles. The lowest BCUT2D eigenvalue weighted by molar-refractivity contribution is 0.0915. The van der Waals surface area contributed by atoms with E-state index < -0.39 is 15.4 Å². The molecule has 2 aromatic rings. The Labute approximate surface area is 146 Å². The van der Waals surface area contributed by atoms with Crippen molar-refractivity contribution in [3.8, 4) is 5.69 Å². The van der Waals surface area contributed by atoms with Crippen LogP contribution < -0.4 is 5.32 Å². The van der Waals surface area contributed by atoms with Crippen LogP contribution in [0.5, 0.6) is 0 Å². The topological polar surface area (TPSA) is 68.2 Å². The third-order valence-electron chi connectivity index (χ3n) is 4.68. The molecule has 0 aliphatic carbocycles. The zero-order chi connectivity index (χ0) is 18.4. The van der Waals surface area contributed by atoms with Crippen LogP contribution in [0.25, 0.3) is 5.69 Å². The van der Waals surface area contributed by atoms with Crippen molar-refractivity contribution in [2.75, 3.05) is 11.5 Å². The summed E-state index contributed by atoms with van der Waals surface area (Å²) in [5, 5.41) is 2.88. The van der Waals surface area contributed by atoms with Crippen molar-refractivity contribution < 1.29 is 17.6 Å². The summed E-state index contributed by atoms with van der Waals surface area (Å²) in [6.07, 6.45) is 0.414. The highest BCUT2D eigenvalue weighted by Gasteiger charge is 2.39. The van der Waals surface area contributed by atoms with Gasteiger partial charge in [0.1, 0.15) is 5.82 Å². The van der Waals surface area contributed by atoms with Crippen molar-refractivity contribution in [3.63, 3.8) is 0 Å². The molecular formula is C18H21FN2O3S. The summed E-state index contributed by atoms with van der Waals surface area (Å²) in [6.45, 7) is 5.45. The van der Waals surface area contributed by atoms with Crippen molar-refractivity contribution in [3.05, 3.63) is 53.1 Å². The molecule has 134 valence electrons. The van der Waals surface area contributed by atoms with Crippen LogP contribution in [-0.2, 0) is 9.84 Å². The van der Waals surface area contributed by atoms with Gasteiger partial charge in [-0.25, -0.2) is 12.8 Å². The molecule has 1 N–H and O–H groups in total. The van der Waals surface area contributed by atoms with Crippen LogP contribution in [0.15, 0.2) is 30.3 Å². The van der Waals surface area contributed by atoms with E-state index in [1.807, 2.05) is 18.4 Å². The maximum absolute atomic E-state index is 13.1. The number of carbonyl (C=O) groups is 1. The van der Waals surface area contributed by atoms with Crippen LogP contribution in [0.3, 0.4) is 0 Å². The summed E-state index contributed by atoms with van der Waals surface area (Å²) in [5.41, 5.74) is 2.09. The number of hydrogen-bond donors (Lipinski definition) is 1. The fourth-order valence-electron chi connectivity index (χ4n) is 3.43. The van der Waals surface area contributed by atoms with Gasteiger partial charge < -0.3 is 9.88 Å². The van der Waals surface area contributed by atoms with Gasteiger partial charge in [-0.15, -0.1) is 0 Å². The van der Waals surface area contributed by atoms with Gasteiger partial charge in [0.25, 0.3) is 5.91 Å². The predicted molar refractivity (Wildman–Crippen MR) is 94.3 cm³/mol. The number of hydrogen-bond acceptors (Lipinski definition) is 3. The quantitative estimate of drug-likeness (QED) is 0.910. The van der Waals surface area contributed by atoms with Crippen molar-refractivity contribution in [2.45, 2.75) is 32.7 Å². The molecule has 1 aliphatic rings. The van der Waals surface area contributed by atoms with Gasteiger partial charge >= 0.3 is 0 Å². The minimum absolute atomic E-state index is 0.0392. The second-order valence-electron chi connectivity index (χ2n) is 6.95. The minimum Gasteiger partial charge on any atom is -0.346 e. The van der Waals surface area contributed by atoms with E-state index in [2.05, 4.69) is 5.32 Å². The lowest BCUT2D eigenvalue weighted by Crippen LogP contribution is -2.47. The van der Waals surface area contributed by atoms with Gasteiger partial charge in [0.15, 0.2) is 9.84 Å². The van der Waals surface area contributed by atoms with E-state index in [0.717, 1.165) is 17.1 Å². The van der Waals surface area contributed by atoms with Crippen molar-refractivity contribution >= 4 is 15.7 Å². The molecule has 1 fully saturated rings. The van der Waals surface area contributed by atoms with Crippen molar-refractivity contribution in [1.82, 2.24) is 9.88 Å². The molecule has 1 unspecified atom stereocenters. The van der Waals surface area contributed by atoms with E-state index >= 15 is 0 Å². The Bertz CT molecular complexity index is 932. The Morgan fingerprint density at radius 2 is 1.88 bits per heavy atom. The van der Waals surface area contributed by atoms with Crippen LogP contribution in [0.4, 0.5) is 4.39 Å². The molecule has 0 radical (unpaired) electrons. The molecule has 3 rings (SSSR count). The minimum atomic E-state index is -3.10. The van der Waals surface area contributed by atoms with Gasteiger partial charge in [-0.3, -0.25) is 4.79 Å². The van der Waals surface area contributed by atoms with Crippen molar-refractivity contribution in [1.29, 1.82) is 0 Å². The molecule has 7 heteroatoms. The van der Waals surface area contributed by atoms with Crippen LogP contribution in [0.1, 0.15) is 35.1 Å². The van der Waals surface area contributed by atoms with E-state index in [0.29, 0.717) is 12.0 Å². The van der Waals surface area contributed by atoms with E-state index in [9.17, 15) is 17.6 Å². The normalized spacial score (nSPS) is 22.1. The Morgan fingerprint density at radius 1 is 1.24 bits per heavy atom. The molecule has 1 atom stereocenters. The Balaban J connectivity index is 1.90. The number of benzene rings is 1. The summed E-state index contributed by atoms with van der Waals surface area (Å²) in [7, 11) is -3.10. The molecule has 1 aromatic heterocycles. The first kappa shape index (κ1) is 17.7. The summed E-state index contributed by atoms with van der Waals surface area (Å²) < 4.78 is 38.5. The molecule has 1 saturated heterocycles. The molecule has 1 aromatic carbocycles. The van der Waals surface area contributed by atoms with Gasteiger partial charge in [0, 0.05) is 17.1 Å². The highest BCUT2D eigenvalue weighted by molar-refractivity contribution is 7.91. The third-order valence-corrected chi connectivity index (χ3v) is 6.58. The molecule has 5 nitrogen and oxygen atoms in total. The number of sulfone groups is 1. The predicted octanol–water partition coefficient (Wildman–Crippen LogP) is 2.54. The van der Waals surface area contributed by atoms with E-state index in [1.165, 1.54) is 12.1 Å². The molecule has 0 spiro atoms. The smallest absolute Gasteiger partial charge is 0.253 e. The van der Waals surface area contributed by atoms with Crippen LogP contribution in [-0.4, -0.2) is 35.9 Å². The highest BCUT2D eigenvalue weighted by Crippen LogP contribution is 2.25. The van der Waals surface area contributed by atoms with Gasteiger partial charge in [-0.1, -0.05) is 0 Å². The molecule has 2 heterocycles. The fraction of sp³-hybridized carbons (Fsp3) is 0.389. The summed E-state index contributed by atoms with van der Waals surface area (Å²) >= 11 is 0. The SMILES string of the molecule is Cc1cc(C(=O)NC2(C)CCS(=O)(=O)C2)c(C)n1-c1ccc(F)cc1. The lowest BCUT2D eigenvalue weighted by atomic mass is 10.0. The lowest BCUT2D eigenvalue weighted by Gasteiger charge is -2.23. The number of nitrogens with zero attached hydrogens (tertiary/aromatic N) is 1. The number of rotatable bonds is 3. The number of nitrogens with one attached hydrogen (secondary N) is 1. The number of carbonyl (C=O) groups excluding carboxylic acids is 1. The number of aryl methyl sites for hydroxylation is 1. The zero-order valence-corrected chi connectivity index (χ0v) is 15.3. The monoisotopic (exact) mass is 364 g/mol. The standard InChI is InChI=1S/C18H21FN2O3S/c1-12-10-16(13(2)21(12)15-6-4-14(19)5-7-15)17(22)20-18(3)8-9-25(23,24)11-18/h4-7,10H,8-9,11H2,1-3H3,(H,20,22). The molecule has 0 bridgehead atoms. The van der Waals surface area contributed by atoms with E-state index in [1.54, 1.807) is 25.1 Å². The van der Waals surface area contributed by atoms with Crippen molar-refractivity contribution in [2.24, 2.45) is 0 Å². The summed E-state index contributed by atoms with van der Waals surface area (Å²) in [4.78, 5) is 12.7. The fourth-order valence-corrected chi connectivity index (χ4v) is 5.52. The van der Waals surface area contributed by atoms with E-state index in [-0.39, 0.29) is 23.2 Å².